The third kappa shape index (κ3) is 10.0. The van der Waals surface area contributed by atoms with E-state index in [0.29, 0.717) is 5.41 Å². The summed E-state index contributed by atoms with van der Waals surface area (Å²) in [5.41, 5.74) is 0.564. The largest absolute Gasteiger partial charge is 0.0683 e. The highest BCUT2D eigenvalue weighted by Crippen LogP contribution is 2.28. The zero-order valence-corrected chi connectivity index (χ0v) is 9.49. The highest BCUT2D eigenvalue weighted by molar-refractivity contribution is 4.67. The normalized spacial score (nSPS) is 10.9. The second kappa shape index (κ2) is 6.69. The molecule has 0 nitrogen and oxygen atoms in total. The number of rotatable bonds is 3. The summed E-state index contributed by atoms with van der Waals surface area (Å²) >= 11 is 0. The van der Waals surface area contributed by atoms with Gasteiger partial charge in [-0.25, -0.2) is 0 Å². The van der Waals surface area contributed by atoms with Crippen LogP contribution in [0.5, 0.6) is 0 Å². The lowest BCUT2D eigenvalue weighted by Crippen LogP contribution is -2.12. The molecule has 0 saturated heterocycles. The minimum atomic E-state index is 0.564. The fourth-order valence-corrected chi connectivity index (χ4v) is 1.25. The van der Waals surface area contributed by atoms with Gasteiger partial charge >= 0.3 is 0 Å². The molecule has 0 heteroatoms. The van der Waals surface area contributed by atoms with E-state index in [2.05, 4.69) is 34.6 Å². The molecule has 0 bridgehead atoms. The molecule has 0 saturated carbocycles. The molecule has 0 amide bonds. The van der Waals surface area contributed by atoms with Crippen molar-refractivity contribution in [2.75, 3.05) is 0 Å². The first-order valence-electron chi connectivity index (χ1n) is 4.98. The fourth-order valence-electron chi connectivity index (χ4n) is 1.25. The van der Waals surface area contributed by atoms with E-state index in [4.69, 9.17) is 0 Å². The fraction of sp³-hybridized carbons (Fsp3) is 1.00. The molecule has 0 aliphatic rings. The van der Waals surface area contributed by atoms with E-state index < -0.39 is 0 Å². The lowest BCUT2D eigenvalue weighted by atomic mass is 9.82. The average Bonchev–Trinajstić information content (AvgIpc) is 1.90. The van der Waals surface area contributed by atoms with Gasteiger partial charge in [-0.1, -0.05) is 54.9 Å². The van der Waals surface area contributed by atoms with Crippen molar-refractivity contribution < 1.29 is 0 Å². The predicted octanol–water partition coefficient (Wildman–Crippen LogP) is 4.49. The maximum atomic E-state index is 2.34. The van der Waals surface area contributed by atoms with Crippen molar-refractivity contribution in [1.82, 2.24) is 0 Å². The molecular formula is C11H26. The molecular weight excluding hydrogens is 132 g/mol. The van der Waals surface area contributed by atoms with Gasteiger partial charge in [-0.05, 0) is 17.8 Å². The summed E-state index contributed by atoms with van der Waals surface area (Å²) in [6.45, 7) is 15.5. The molecule has 11 heavy (non-hydrogen) atoms. The van der Waals surface area contributed by atoms with E-state index in [1.807, 2.05) is 13.8 Å². The first kappa shape index (κ1) is 13.6. The SMILES string of the molecule is CC.CCC(C)(C)CC(C)C. The van der Waals surface area contributed by atoms with Crippen LogP contribution in [-0.2, 0) is 0 Å². The van der Waals surface area contributed by atoms with Gasteiger partial charge in [-0.3, -0.25) is 0 Å². The van der Waals surface area contributed by atoms with Crippen LogP contribution in [0.15, 0.2) is 0 Å². The molecule has 0 rings (SSSR count). The topological polar surface area (TPSA) is 0 Å². The average molecular weight is 158 g/mol. The second-order valence-electron chi connectivity index (χ2n) is 4.12. The first-order chi connectivity index (χ1) is 4.98. The van der Waals surface area contributed by atoms with Crippen molar-refractivity contribution >= 4 is 0 Å². The third-order valence-electron chi connectivity index (χ3n) is 1.92. The van der Waals surface area contributed by atoms with Crippen molar-refractivity contribution in [3.63, 3.8) is 0 Å². The molecule has 0 atom stereocenters. The Labute approximate surface area is 73.4 Å². The summed E-state index contributed by atoms with van der Waals surface area (Å²) in [6.07, 6.45) is 2.65. The van der Waals surface area contributed by atoms with Crippen molar-refractivity contribution in [3.8, 4) is 0 Å². The summed E-state index contributed by atoms with van der Waals surface area (Å²) in [5.74, 6) is 0.847. The molecule has 0 unspecified atom stereocenters. The lowest BCUT2D eigenvalue weighted by molar-refractivity contribution is 0.277. The molecule has 0 radical (unpaired) electrons. The van der Waals surface area contributed by atoms with Crippen LogP contribution < -0.4 is 0 Å². The Kier molecular flexibility index (Phi) is 8.26. The Balaban J connectivity index is 0. The quantitative estimate of drug-likeness (QED) is 0.567. The van der Waals surface area contributed by atoms with E-state index in [1.54, 1.807) is 0 Å². The molecule has 0 aromatic heterocycles. The van der Waals surface area contributed by atoms with Crippen LogP contribution in [0.1, 0.15) is 61.3 Å². The van der Waals surface area contributed by atoms with Gasteiger partial charge in [0.2, 0.25) is 0 Å². The zero-order valence-electron chi connectivity index (χ0n) is 9.49. The Morgan fingerprint density at radius 3 is 1.55 bits per heavy atom. The standard InChI is InChI=1S/C9H20.C2H6/c1-6-9(4,5)7-8(2)3;1-2/h8H,6-7H2,1-5H3;1-2H3. The van der Waals surface area contributed by atoms with E-state index >= 15 is 0 Å². The maximum absolute atomic E-state index is 2.34. The molecule has 0 aliphatic carbocycles. The number of hydrogen-bond donors (Lipinski definition) is 0. The highest BCUT2D eigenvalue weighted by Gasteiger charge is 2.15. The van der Waals surface area contributed by atoms with Gasteiger partial charge in [0.05, 0.1) is 0 Å². The molecule has 0 fully saturated rings. The van der Waals surface area contributed by atoms with Gasteiger partial charge < -0.3 is 0 Å². The summed E-state index contributed by atoms with van der Waals surface area (Å²) in [4.78, 5) is 0. The Hall–Kier alpha value is 0. The van der Waals surface area contributed by atoms with Gasteiger partial charge in [0.1, 0.15) is 0 Å². The van der Waals surface area contributed by atoms with Crippen LogP contribution in [0.3, 0.4) is 0 Å². The molecule has 70 valence electrons. The third-order valence-corrected chi connectivity index (χ3v) is 1.92. The second-order valence-corrected chi connectivity index (χ2v) is 4.12. The predicted molar refractivity (Wildman–Crippen MR) is 54.9 cm³/mol. The lowest BCUT2D eigenvalue weighted by Gasteiger charge is -2.24. The zero-order chi connectivity index (χ0) is 9.49. The molecule has 0 N–H and O–H groups in total. The van der Waals surface area contributed by atoms with Gasteiger partial charge in [-0.2, -0.15) is 0 Å². The van der Waals surface area contributed by atoms with E-state index in [-0.39, 0.29) is 0 Å². The number of hydrogen-bond acceptors (Lipinski definition) is 0. The Morgan fingerprint density at radius 2 is 1.45 bits per heavy atom. The highest BCUT2D eigenvalue weighted by atomic mass is 14.2. The minimum Gasteiger partial charge on any atom is -0.0683 e. The van der Waals surface area contributed by atoms with Crippen molar-refractivity contribution in [3.05, 3.63) is 0 Å². The summed E-state index contributed by atoms with van der Waals surface area (Å²) in [5, 5.41) is 0. The summed E-state index contributed by atoms with van der Waals surface area (Å²) < 4.78 is 0. The molecule has 0 aromatic rings. The summed E-state index contributed by atoms with van der Waals surface area (Å²) in [6, 6.07) is 0. The van der Waals surface area contributed by atoms with Crippen molar-refractivity contribution in [1.29, 1.82) is 0 Å². The maximum Gasteiger partial charge on any atom is -0.0354 e. The minimum absolute atomic E-state index is 0.564. The molecule has 0 heterocycles. The van der Waals surface area contributed by atoms with Crippen LogP contribution >= 0.6 is 0 Å². The van der Waals surface area contributed by atoms with Crippen molar-refractivity contribution in [2.24, 2.45) is 11.3 Å². The molecule has 0 aliphatic heterocycles. The van der Waals surface area contributed by atoms with Crippen LogP contribution in [0.2, 0.25) is 0 Å². The van der Waals surface area contributed by atoms with Crippen LogP contribution in [-0.4, -0.2) is 0 Å². The van der Waals surface area contributed by atoms with E-state index in [0.717, 1.165) is 5.92 Å². The van der Waals surface area contributed by atoms with Gasteiger partial charge in [0.25, 0.3) is 0 Å². The van der Waals surface area contributed by atoms with Gasteiger partial charge in [0.15, 0.2) is 0 Å². The summed E-state index contributed by atoms with van der Waals surface area (Å²) in [7, 11) is 0. The molecule has 0 aromatic carbocycles. The monoisotopic (exact) mass is 158 g/mol. The Bertz CT molecular complexity index is 70.1. The van der Waals surface area contributed by atoms with E-state index in [9.17, 15) is 0 Å². The van der Waals surface area contributed by atoms with Gasteiger partial charge in [0, 0.05) is 0 Å². The van der Waals surface area contributed by atoms with Crippen LogP contribution in [0, 0.1) is 11.3 Å². The van der Waals surface area contributed by atoms with E-state index in [1.165, 1.54) is 12.8 Å². The van der Waals surface area contributed by atoms with Gasteiger partial charge in [-0.15, -0.1) is 0 Å². The van der Waals surface area contributed by atoms with Crippen LogP contribution in [0.4, 0.5) is 0 Å². The first-order valence-corrected chi connectivity index (χ1v) is 4.98. The smallest absolute Gasteiger partial charge is 0.0354 e. The van der Waals surface area contributed by atoms with Crippen molar-refractivity contribution in [2.45, 2.75) is 61.3 Å². The van der Waals surface area contributed by atoms with Crippen LogP contribution in [0.25, 0.3) is 0 Å². The molecule has 0 spiro atoms. The Morgan fingerprint density at radius 1 is 1.09 bits per heavy atom.